The van der Waals surface area contributed by atoms with Crippen molar-refractivity contribution in [3.63, 3.8) is 0 Å². The van der Waals surface area contributed by atoms with Gasteiger partial charge < -0.3 is 44.8 Å². The second-order valence-electron chi connectivity index (χ2n) is 18.5. The SMILES string of the molecule is Cc1ncsc1-c1ccc(C(C)NC(=O)[C@@H]2C[C@@H](O)CN2C(=O)C(c2cc(OCC(=O)N3CCC(N4CCN5c6cc(-c7ccccc7O)nnc6NC[C@H]5C4)C(C)C3)no2)C(C)C)cc1. The molecule has 348 valence electrons. The van der Waals surface area contributed by atoms with Crippen LogP contribution in [0.3, 0.4) is 0 Å². The number of carbonyl (C=O) groups excluding carboxylic acids is 3. The summed E-state index contributed by atoms with van der Waals surface area (Å²) >= 11 is 1.58. The third-order valence-corrected chi connectivity index (χ3v) is 14.7. The number of amides is 3. The Bertz CT molecular complexity index is 2550. The van der Waals surface area contributed by atoms with Crippen LogP contribution in [-0.4, -0.2) is 140 Å². The number of ether oxygens (including phenoxy) is 1. The lowest BCUT2D eigenvalue weighted by Gasteiger charge is -2.50. The van der Waals surface area contributed by atoms with Gasteiger partial charge in [-0.1, -0.05) is 57.2 Å². The van der Waals surface area contributed by atoms with E-state index in [1.807, 2.05) is 80.6 Å². The van der Waals surface area contributed by atoms with E-state index in [9.17, 15) is 24.6 Å². The number of hydrogen-bond donors (Lipinski definition) is 4. The fourth-order valence-electron chi connectivity index (χ4n) is 10.2. The Kier molecular flexibility index (Phi) is 13.0. The summed E-state index contributed by atoms with van der Waals surface area (Å²) in [5.41, 5.74) is 7.03. The number of rotatable bonds is 12. The Hall–Kier alpha value is -6.11. The van der Waals surface area contributed by atoms with Crippen molar-refractivity contribution in [3.8, 4) is 33.3 Å². The van der Waals surface area contributed by atoms with E-state index in [1.165, 1.54) is 4.90 Å². The lowest BCUT2D eigenvalue weighted by Crippen LogP contribution is -2.62. The third-order valence-electron chi connectivity index (χ3n) is 13.7. The summed E-state index contributed by atoms with van der Waals surface area (Å²) in [6.45, 7) is 14.1. The lowest BCUT2D eigenvalue weighted by atomic mass is 9.90. The van der Waals surface area contributed by atoms with Crippen LogP contribution in [0.1, 0.15) is 69.5 Å². The number of aliphatic hydroxyl groups excluding tert-OH is 1. The minimum absolute atomic E-state index is 0.0133. The molecule has 17 nitrogen and oxygen atoms in total. The maximum absolute atomic E-state index is 14.2. The highest BCUT2D eigenvalue weighted by atomic mass is 32.1. The fourth-order valence-corrected chi connectivity index (χ4v) is 11.0. The smallest absolute Gasteiger partial charge is 0.260 e. The van der Waals surface area contributed by atoms with E-state index >= 15 is 0 Å². The number of β-amino-alcohol motifs (C(OH)–C–C–N with tert-alkyl or cyclic N) is 1. The van der Waals surface area contributed by atoms with Crippen LogP contribution in [0, 0.1) is 18.8 Å². The summed E-state index contributed by atoms with van der Waals surface area (Å²) in [5, 5.41) is 40.6. The minimum Gasteiger partial charge on any atom is -0.507 e. The molecule has 0 bridgehead atoms. The fraction of sp³-hybridized carbons (Fsp3) is 0.479. The van der Waals surface area contributed by atoms with Gasteiger partial charge in [0.15, 0.2) is 18.2 Å². The molecule has 7 heterocycles. The first-order chi connectivity index (χ1) is 31.8. The molecule has 4 aliphatic rings. The van der Waals surface area contributed by atoms with Crippen molar-refractivity contribution in [2.45, 2.75) is 83.6 Å². The van der Waals surface area contributed by atoms with Crippen molar-refractivity contribution >= 4 is 40.6 Å². The molecule has 4 aliphatic heterocycles. The number of likely N-dealkylation sites (tertiary alicyclic amines) is 2. The number of piperidine rings is 1. The number of aromatic nitrogens is 4. The zero-order chi connectivity index (χ0) is 46.2. The molecule has 3 saturated heterocycles. The number of fused-ring (bicyclic) bond motifs is 3. The molecule has 0 saturated carbocycles. The number of aromatic hydroxyl groups is 1. The molecule has 18 heteroatoms. The predicted molar refractivity (Wildman–Crippen MR) is 249 cm³/mol. The molecule has 0 radical (unpaired) electrons. The molecule has 5 aromatic rings. The molecule has 4 N–H and O–H groups in total. The molecule has 9 rings (SSSR count). The Labute approximate surface area is 388 Å². The number of piperazine rings is 1. The first kappa shape index (κ1) is 45.1. The van der Waals surface area contributed by atoms with Gasteiger partial charge in [0.05, 0.1) is 45.7 Å². The van der Waals surface area contributed by atoms with Gasteiger partial charge in [-0.2, -0.15) is 0 Å². The number of benzene rings is 2. The quantitative estimate of drug-likeness (QED) is 0.129. The van der Waals surface area contributed by atoms with Gasteiger partial charge in [0, 0.05) is 69.9 Å². The molecule has 3 amide bonds. The normalized spacial score (nSPS) is 22.9. The van der Waals surface area contributed by atoms with Crippen LogP contribution in [0.2, 0.25) is 0 Å². The molecule has 66 heavy (non-hydrogen) atoms. The molecule has 4 unspecified atom stereocenters. The highest BCUT2D eigenvalue weighted by Gasteiger charge is 2.44. The minimum atomic E-state index is -0.870. The zero-order valence-electron chi connectivity index (χ0n) is 38.0. The van der Waals surface area contributed by atoms with Gasteiger partial charge in [-0.05, 0) is 66.6 Å². The molecule has 3 fully saturated rings. The largest absolute Gasteiger partial charge is 0.507 e. The summed E-state index contributed by atoms with van der Waals surface area (Å²) in [6.07, 6.45) is 0.0929. The molecule has 0 spiro atoms. The number of phenols is 1. The number of carbonyl (C=O) groups is 3. The van der Waals surface area contributed by atoms with Crippen LogP contribution in [0.25, 0.3) is 21.7 Å². The highest BCUT2D eigenvalue weighted by Crippen LogP contribution is 2.38. The second-order valence-corrected chi connectivity index (χ2v) is 19.3. The molecule has 0 aliphatic carbocycles. The number of nitrogens with zero attached hydrogens (tertiary/aromatic N) is 8. The van der Waals surface area contributed by atoms with Crippen molar-refractivity contribution in [2.24, 2.45) is 11.8 Å². The average molecular weight is 919 g/mol. The standard InChI is InChI=1S/C48H58N10O7S/c1-27(2)44(48(63)58-24-34(59)18-39(58)47(62)51-29(4)31-10-12-32(13-11-31)45-30(5)50-26-66-45)41-20-42(54-65-41)64-25-43(61)56-15-14-37(28(3)22-56)55-16-17-57-33(23-55)21-49-46-38(57)19-36(52-53-46)35-8-6-7-9-40(35)60/h6-13,19-20,26-29,33-34,37,39,44,59-60H,14-18,21-25H2,1-5H3,(H,49,53)(H,51,62)/t28?,29?,33-,34+,37?,39-,44?/m0/s1. The van der Waals surface area contributed by atoms with Crippen LogP contribution in [-0.2, 0) is 14.4 Å². The van der Waals surface area contributed by atoms with Crippen LogP contribution in [0.4, 0.5) is 11.5 Å². The van der Waals surface area contributed by atoms with Crippen molar-refractivity contribution in [3.05, 3.63) is 83.2 Å². The summed E-state index contributed by atoms with van der Waals surface area (Å²) in [4.78, 5) is 55.2. The third kappa shape index (κ3) is 9.18. The first-order valence-corrected chi connectivity index (χ1v) is 23.8. The second kappa shape index (κ2) is 19.0. The number of hydrogen-bond acceptors (Lipinski definition) is 15. The van der Waals surface area contributed by atoms with Crippen LogP contribution < -0.4 is 20.3 Å². The maximum Gasteiger partial charge on any atom is 0.260 e. The van der Waals surface area contributed by atoms with Crippen LogP contribution in [0.5, 0.6) is 11.6 Å². The lowest BCUT2D eigenvalue weighted by molar-refractivity contribution is -0.141. The van der Waals surface area contributed by atoms with Crippen molar-refractivity contribution < 1.29 is 33.9 Å². The Morgan fingerprint density at radius 2 is 1.82 bits per heavy atom. The monoisotopic (exact) mass is 918 g/mol. The molecular formula is C48H58N10O7S. The van der Waals surface area contributed by atoms with E-state index in [0.29, 0.717) is 30.4 Å². The zero-order valence-corrected chi connectivity index (χ0v) is 38.8. The Morgan fingerprint density at radius 1 is 1.02 bits per heavy atom. The Morgan fingerprint density at radius 3 is 2.56 bits per heavy atom. The van der Waals surface area contributed by atoms with Gasteiger partial charge >= 0.3 is 0 Å². The van der Waals surface area contributed by atoms with E-state index in [1.54, 1.807) is 29.5 Å². The summed E-state index contributed by atoms with van der Waals surface area (Å²) in [5.74, 6) is -0.383. The van der Waals surface area contributed by atoms with E-state index in [-0.39, 0.29) is 78.6 Å². The van der Waals surface area contributed by atoms with Crippen LogP contribution >= 0.6 is 11.3 Å². The van der Waals surface area contributed by atoms with Gasteiger partial charge in [0.25, 0.3) is 11.8 Å². The molecule has 2 aromatic carbocycles. The maximum atomic E-state index is 14.2. The van der Waals surface area contributed by atoms with E-state index in [0.717, 1.165) is 65.8 Å². The van der Waals surface area contributed by atoms with Crippen LogP contribution in [0.15, 0.2) is 70.7 Å². The number of anilines is 2. The number of phenolic OH excluding ortho intramolecular Hbond substituents is 1. The number of aryl methyl sites for hydroxylation is 1. The van der Waals surface area contributed by atoms with Gasteiger partial charge in [-0.15, -0.1) is 21.5 Å². The summed E-state index contributed by atoms with van der Waals surface area (Å²) in [6, 6.07) is 18.0. The van der Waals surface area contributed by atoms with Crippen molar-refractivity contribution in [1.82, 2.24) is 40.4 Å². The van der Waals surface area contributed by atoms with Gasteiger partial charge in [-0.3, -0.25) is 19.3 Å². The van der Waals surface area contributed by atoms with Gasteiger partial charge in [-0.25, -0.2) is 4.98 Å². The molecular weight excluding hydrogens is 861 g/mol. The predicted octanol–water partition coefficient (Wildman–Crippen LogP) is 5.08. The van der Waals surface area contributed by atoms with E-state index in [2.05, 4.69) is 47.7 Å². The summed E-state index contributed by atoms with van der Waals surface area (Å²) in [7, 11) is 0. The number of thiazole rings is 1. The molecule has 3 aromatic heterocycles. The first-order valence-electron chi connectivity index (χ1n) is 22.9. The number of para-hydroxylation sites is 1. The average Bonchev–Trinajstić information content (AvgIpc) is 4.07. The number of nitrogens with one attached hydrogen (secondary N) is 2. The summed E-state index contributed by atoms with van der Waals surface area (Å²) < 4.78 is 11.5. The Balaban J connectivity index is 0.768. The highest BCUT2D eigenvalue weighted by molar-refractivity contribution is 7.13. The van der Waals surface area contributed by atoms with E-state index in [4.69, 9.17) is 9.26 Å². The van der Waals surface area contributed by atoms with Gasteiger partial charge in [0.2, 0.25) is 11.8 Å². The van der Waals surface area contributed by atoms with Crippen molar-refractivity contribution in [1.29, 1.82) is 0 Å². The van der Waals surface area contributed by atoms with Crippen molar-refractivity contribution in [2.75, 3.05) is 62.6 Å². The molecule has 7 atom stereocenters. The number of aliphatic hydroxyl groups is 1. The van der Waals surface area contributed by atoms with Gasteiger partial charge in [0.1, 0.15) is 17.7 Å². The topological polar surface area (TPSA) is 203 Å². The van der Waals surface area contributed by atoms with E-state index < -0.39 is 18.1 Å².